The van der Waals surface area contributed by atoms with E-state index in [4.69, 9.17) is 9.63 Å². The molecule has 0 aliphatic carbocycles. The van der Waals surface area contributed by atoms with Crippen LogP contribution >= 0.6 is 7.37 Å². The van der Waals surface area contributed by atoms with Crippen LogP contribution in [0.15, 0.2) is 0 Å². The number of hydrogen-bond donors (Lipinski definition) is 1. The first-order chi connectivity index (χ1) is 4.54. The Labute approximate surface area is 61.8 Å². The molecule has 62 valence electrons. The lowest BCUT2D eigenvalue weighted by Gasteiger charge is -2.14. The molecule has 0 saturated carbocycles. The lowest BCUT2D eigenvalue weighted by Crippen LogP contribution is -2.02. The van der Waals surface area contributed by atoms with E-state index in [0.717, 1.165) is 0 Å². The van der Waals surface area contributed by atoms with E-state index < -0.39 is 7.37 Å². The Balaban J connectivity index is 3.94. The summed E-state index contributed by atoms with van der Waals surface area (Å²) in [6.45, 7) is 3.89. The van der Waals surface area contributed by atoms with Crippen molar-refractivity contribution in [2.45, 2.75) is 13.8 Å². The fraction of sp³-hybridized carbons (Fsp3) is 1.00. The summed E-state index contributed by atoms with van der Waals surface area (Å²) in [5.41, 5.74) is 0. The molecule has 0 aliphatic heterocycles. The summed E-state index contributed by atoms with van der Waals surface area (Å²) in [5.74, 6) is 0.304. The fourth-order valence-electron chi connectivity index (χ4n) is 0.746. The number of aliphatic hydroxyl groups excluding tert-OH is 1. The predicted octanol–water partition coefficient (Wildman–Crippen LogP) is 1.52. The first-order valence-electron chi connectivity index (χ1n) is 3.29. The smallest absolute Gasteiger partial charge is 0.227 e. The van der Waals surface area contributed by atoms with E-state index in [-0.39, 0.29) is 6.35 Å². The fourth-order valence-corrected chi connectivity index (χ4v) is 2.24. The first kappa shape index (κ1) is 10.2. The molecule has 4 heteroatoms. The molecule has 0 aliphatic rings. The largest absolute Gasteiger partial charge is 0.386 e. The second-order valence-electron chi connectivity index (χ2n) is 2.71. The van der Waals surface area contributed by atoms with Crippen LogP contribution in [0.2, 0.25) is 0 Å². The average Bonchev–Trinajstić information content (AvgIpc) is 1.87. The molecule has 0 fully saturated rings. The Morgan fingerprint density at radius 3 is 2.20 bits per heavy atom. The van der Waals surface area contributed by atoms with Gasteiger partial charge in [0.05, 0.1) is 0 Å². The quantitative estimate of drug-likeness (QED) is 0.644. The molecule has 0 heterocycles. The van der Waals surface area contributed by atoms with Crippen LogP contribution in [-0.2, 0) is 9.09 Å². The average molecular weight is 166 g/mol. The molecule has 1 atom stereocenters. The Hall–Kier alpha value is 0.150. The molecular weight excluding hydrogens is 151 g/mol. The van der Waals surface area contributed by atoms with Gasteiger partial charge in [0.1, 0.15) is 6.35 Å². The van der Waals surface area contributed by atoms with Gasteiger partial charge >= 0.3 is 0 Å². The van der Waals surface area contributed by atoms with Gasteiger partial charge in [-0.15, -0.1) is 0 Å². The maximum absolute atomic E-state index is 11.3. The summed E-state index contributed by atoms with van der Waals surface area (Å²) in [6.07, 6.45) is 0.113. The maximum Gasteiger partial charge on any atom is 0.227 e. The van der Waals surface area contributed by atoms with E-state index in [1.165, 1.54) is 7.11 Å². The van der Waals surface area contributed by atoms with Crippen LogP contribution in [0.5, 0.6) is 0 Å². The highest BCUT2D eigenvalue weighted by Crippen LogP contribution is 2.46. The van der Waals surface area contributed by atoms with Crippen LogP contribution in [0.1, 0.15) is 13.8 Å². The standard InChI is InChI=1S/C6H15O3P/c1-6(2)4-10(8,5-7)9-3/h6-7H,4-5H2,1-3H3. The molecule has 0 aromatic heterocycles. The minimum Gasteiger partial charge on any atom is -0.386 e. The zero-order valence-corrected chi connectivity index (χ0v) is 7.60. The third kappa shape index (κ3) is 3.35. The molecule has 0 radical (unpaired) electrons. The molecule has 10 heavy (non-hydrogen) atoms. The van der Waals surface area contributed by atoms with Gasteiger partial charge in [0, 0.05) is 13.3 Å². The number of aliphatic hydroxyl groups is 1. The van der Waals surface area contributed by atoms with Crippen molar-refractivity contribution in [2.75, 3.05) is 19.6 Å². The molecule has 0 amide bonds. The SMILES string of the molecule is COP(=O)(CO)CC(C)C. The van der Waals surface area contributed by atoms with Crippen LogP contribution in [0, 0.1) is 5.92 Å². The van der Waals surface area contributed by atoms with Gasteiger partial charge in [-0.1, -0.05) is 13.8 Å². The van der Waals surface area contributed by atoms with Crippen LogP contribution in [0.25, 0.3) is 0 Å². The second kappa shape index (κ2) is 4.12. The molecule has 3 nitrogen and oxygen atoms in total. The molecule has 1 N–H and O–H groups in total. The van der Waals surface area contributed by atoms with E-state index in [9.17, 15) is 4.57 Å². The Morgan fingerprint density at radius 1 is 1.60 bits per heavy atom. The third-order valence-electron chi connectivity index (χ3n) is 1.19. The molecule has 0 saturated heterocycles. The minimum absolute atomic E-state index is 0.304. The van der Waals surface area contributed by atoms with E-state index in [1.54, 1.807) is 0 Å². The van der Waals surface area contributed by atoms with Crippen molar-refractivity contribution < 1.29 is 14.2 Å². The van der Waals surface area contributed by atoms with E-state index >= 15 is 0 Å². The van der Waals surface area contributed by atoms with Crippen molar-refractivity contribution >= 4 is 7.37 Å². The lowest BCUT2D eigenvalue weighted by molar-refractivity contribution is 0.308. The summed E-state index contributed by atoms with van der Waals surface area (Å²) in [5, 5.41) is 8.65. The topological polar surface area (TPSA) is 46.5 Å². The second-order valence-corrected chi connectivity index (χ2v) is 5.36. The zero-order chi connectivity index (χ0) is 8.20. The van der Waals surface area contributed by atoms with Crippen molar-refractivity contribution in [2.24, 2.45) is 5.92 Å². The normalized spacial score (nSPS) is 17.3. The molecule has 0 spiro atoms. The van der Waals surface area contributed by atoms with Gasteiger partial charge in [-0.25, -0.2) is 0 Å². The summed E-state index contributed by atoms with van der Waals surface area (Å²) in [4.78, 5) is 0. The van der Waals surface area contributed by atoms with Gasteiger partial charge in [0.2, 0.25) is 7.37 Å². The van der Waals surface area contributed by atoms with Crippen LogP contribution < -0.4 is 0 Å². The summed E-state index contributed by atoms with van der Waals surface area (Å²) < 4.78 is 16.0. The van der Waals surface area contributed by atoms with Gasteiger partial charge in [-0.05, 0) is 5.92 Å². The first-order valence-corrected chi connectivity index (χ1v) is 5.28. The minimum atomic E-state index is -2.68. The molecule has 0 aromatic rings. The maximum atomic E-state index is 11.3. The molecule has 0 aromatic carbocycles. The van der Waals surface area contributed by atoms with E-state index in [1.807, 2.05) is 13.8 Å². The highest BCUT2D eigenvalue weighted by Gasteiger charge is 2.20. The Kier molecular flexibility index (Phi) is 4.18. The molecular formula is C6H15O3P. The highest BCUT2D eigenvalue weighted by molar-refractivity contribution is 7.58. The number of hydrogen-bond acceptors (Lipinski definition) is 3. The van der Waals surface area contributed by atoms with Crippen LogP contribution in [-0.4, -0.2) is 24.7 Å². The van der Waals surface area contributed by atoms with Gasteiger partial charge in [-0.2, -0.15) is 0 Å². The summed E-state index contributed by atoms with van der Waals surface area (Å²) in [7, 11) is -1.31. The summed E-state index contributed by atoms with van der Waals surface area (Å²) >= 11 is 0. The van der Waals surface area contributed by atoms with Gasteiger partial charge in [0.15, 0.2) is 0 Å². The van der Waals surface area contributed by atoms with Crippen LogP contribution in [0.4, 0.5) is 0 Å². The van der Waals surface area contributed by atoms with Crippen molar-refractivity contribution in [3.63, 3.8) is 0 Å². The van der Waals surface area contributed by atoms with Crippen molar-refractivity contribution in [1.29, 1.82) is 0 Å². The highest BCUT2D eigenvalue weighted by atomic mass is 31.2. The van der Waals surface area contributed by atoms with Gasteiger partial charge in [0.25, 0.3) is 0 Å². The monoisotopic (exact) mass is 166 g/mol. The van der Waals surface area contributed by atoms with Gasteiger partial charge in [-0.3, -0.25) is 4.57 Å². The van der Waals surface area contributed by atoms with Crippen molar-refractivity contribution in [3.8, 4) is 0 Å². The zero-order valence-electron chi connectivity index (χ0n) is 6.70. The Bertz CT molecular complexity index is 125. The molecule has 0 rings (SSSR count). The molecule has 1 unspecified atom stereocenters. The summed E-state index contributed by atoms with van der Waals surface area (Å²) in [6, 6.07) is 0. The lowest BCUT2D eigenvalue weighted by atomic mass is 10.3. The predicted molar refractivity (Wildman–Crippen MR) is 41.4 cm³/mol. The van der Waals surface area contributed by atoms with Crippen LogP contribution in [0.3, 0.4) is 0 Å². The van der Waals surface area contributed by atoms with Crippen molar-refractivity contribution in [3.05, 3.63) is 0 Å². The van der Waals surface area contributed by atoms with E-state index in [2.05, 4.69) is 0 Å². The Morgan fingerprint density at radius 2 is 2.10 bits per heavy atom. The van der Waals surface area contributed by atoms with Crippen molar-refractivity contribution in [1.82, 2.24) is 0 Å². The number of rotatable bonds is 4. The van der Waals surface area contributed by atoms with Gasteiger partial charge < -0.3 is 9.63 Å². The van der Waals surface area contributed by atoms with E-state index in [0.29, 0.717) is 12.1 Å². The third-order valence-corrected chi connectivity index (χ3v) is 3.57. The molecule has 0 bridgehead atoms.